The van der Waals surface area contributed by atoms with Crippen molar-refractivity contribution in [3.63, 3.8) is 0 Å². The Morgan fingerprint density at radius 3 is 2.14 bits per heavy atom. The van der Waals surface area contributed by atoms with Crippen LogP contribution in [-0.4, -0.2) is 28.3 Å². The van der Waals surface area contributed by atoms with Gasteiger partial charge in [-0.1, -0.05) is 83.3 Å². The number of rotatable bonds is 8. The van der Waals surface area contributed by atoms with Crippen molar-refractivity contribution >= 4 is 46.6 Å². The Morgan fingerprint density at radius 2 is 1.51 bits per heavy atom. The lowest BCUT2D eigenvalue weighted by molar-refractivity contribution is -0.141. The van der Waals surface area contributed by atoms with Gasteiger partial charge in [-0.25, -0.2) is 0 Å². The lowest BCUT2D eigenvalue weighted by atomic mass is 10.00. The molecule has 0 aliphatic carbocycles. The highest BCUT2D eigenvalue weighted by Gasteiger charge is 2.32. The fourth-order valence-corrected chi connectivity index (χ4v) is 4.46. The second kappa shape index (κ2) is 11.9. The van der Waals surface area contributed by atoms with Gasteiger partial charge in [0.15, 0.2) is 0 Å². The van der Waals surface area contributed by atoms with E-state index >= 15 is 0 Å². The maximum atomic E-state index is 13.8. The minimum atomic E-state index is -0.741. The molecule has 4 nitrogen and oxygen atoms in total. The second-order valence-electron chi connectivity index (χ2n) is 9.51. The molecule has 35 heavy (non-hydrogen) atoms. The van der Waals surface area contributed by atoms with Crippen LogP contribution < -0.4 is 5.32 Å². The highest BCUT2D eigenvalue weighted by molar-refractivity contribution is 6.35. The van der Waals surface area contributed by atoms with Crippen LogP contribution in [0, 0.1) is 0 Å². The highest BCUT2D eigenvalue weighted by atomic mass is 35.5. The summed E-state index contributed by atoms with van der Waals surface area (Å²) in [5.74, 6) is -0.446. The zero-order valence-electron chi connectivity index (χ0n) is 20.0. The lowest BCUT2D eigenvalue weighted by Crippen LogP contribution is -2.54. The molecule has 3 rings (SSSR count). The summed E-state index contributed by atoms with van der Waals surface area (Å²) in [6.07, 6.45) is 0.397. The molecule has 0 saturated heterocycles. The number of carbonyl (C=O) groups excluding carboxylic acids is 2. The van der Waals surface area contributed by atoms with Crippen molar-refractivity contribution in [3.05, 3.63) is 105 Å². The van der Waals surface area contributed by atoms with Crippen LogP contribution in [0.1, 0.15) is 37.5 Å². The van der Waals surface area contributed by atoms with Crippen molar-refractivity contribution < 1.29 is 9.59 Å². The first-order valence-electron chi connectivity index (χ1n) is 11.4. The van der Waals surface area contributed by atoms with E-state index in [1.165, 1.54) is 0 Å². The van der Waals surface area contributed by atoms with E-state index in [0.717, 1.165) is 11.1 Å². The molecule has 0 spiro atoms. The van der Waals surface area contributed by atoms with Crippen LogP contribution in [0.5, 0.6) is 0 Å². The molecule has 2 amide bonds. The molecule has 0 radical (unpaired) electrons. The van der Waals surface area contributed by atoms with E-state index in [4.69, 9.17) is 34.8 Å². The first-order valence-corrected chi connectivity index (χ1v) is 12.5. The van der Waals surface area contributed by atoms with Gasteiger partial charge in [0.1, 0.15) is 6.04 Å². The zero-order chi connectivity index (χ0) is 25.6. The van der Waals surface area contributed by atoms with Crippen LogP contribution in [0.25, 0.3) is 0 Å². The van der Waals surface area contributed by atoms with Crippen molar-refractivity contribution in [2.45, 2.75) is 51.7 Å². The predicted octanol–water partition coefficient (Wildman–Crippen LogP) is 6.74. The summed E-state index contributed by atoms with van der Waals surface area (Å²) in [7, 11) is 0. The third-order valence-electron chi connectivity index (χ3n) is 5.37. The number of nitrogens with one attached hydrogen (secondary N) is 1. The first kappa shape index (κ1) is 27.1. The molecule has 7 heteroatoms. The average molecular weight is 532 g/mol. The zero-order valence-corrected chi connectivity index (χ0v) is 22.3. The molecule has 0 bridgehead atoms. The largest absolute Gasteiger partial charge is 0.350 e. The summed E-state index contributed by atoms with van der Waals surface area (Å²) in [5, 5.41) is 4.52. The molecule has 3 aromatic carbocycles. The number of benzene rings is 3. The number of hydrogen-bond donors (Lipinski definition) is 1. The van der Waals surface area contributed by atoms with E-state index in [9.17, 15) is 9.59 Å². The van der Waals surface area contributed by atoms with Gasteiger partial charge in [-0.3, -0.25) is 9.59 Å². The molecule has 1 N–H and O–H groups in total. The van der Waals surface area contributed by atoms with Gasteiger partial charge < -0.3 is 10.2 Å². The predicted molar refractivity (Wildman–Crippen MR) is 144 cm³/mol. The highest BCUT2D eigenvalue weighted by Crippen LogP contribution is 2.24. The third-order valence-corrected chi connectivity index (χ3v) is 6.19. The summed E-state index contributed by atoms with van der Waals surface area (Å²) < 4.78 is 0. The van der Waals surface area contributed by atoms with Crippen LogP contribution in [0.2, 0.25) is 15.1 Å². The minimum absolute atomic E-state index is 0.0324. The molecular formula is C28H29Cl3N2O2. The van der Waals surface area contributed by atoms with Crippen molar-refractivity contribution in [2.75, 3.05) is 0 Å². The van der Waals surface area contributed by atoms with E-state index in [-0.39, 0.29) is 24.8 Å². The van der Waals surface area contributed by atoms with Gasteiger partial charge in [0.05, 0.1) is 6.42 Å². The maximum absolute atomic E-state index is 13.8. The van der Waals surface area contributed by atoms with Gasteiger partial charge in [-0.15, -0.1) is 0 Å². The van der Waals surface area contributed by atoms with E-state index < -0.39 is 11.6 Å². The summed E-state index contributed by atoms with van der Waals surface area (Å²) >= 11 is 18.6. The summed E-state index contributed by atoms with van der Waals surface area (Å²) in [5.41, 5.74) is 1.97. The Labute approximate surface area is 222 Å². The van der Waals surface area contributed by atoms with Crippen molar-refractivity contribution in [1.29, 1.82) is 0 Å². The molecular weight excluding hydrogens is 503 g/mol. The number of carbonyl (C=O) groups is 2. The molecule has 0 fully saturated rings. The van der Waals surface area contributed by atoms with E-state index in [1.807, 2.05) is 63.2 Å². The molecule has 0 aromatic heterocycles. The van der Waals surface area contributed by atoms with Crippen LogP contribution in [-0.2, 0) is 29.0 Å². The normalized spacial score (nSPS) is 12.2. The summed E-state index contributed by atoms with van der Waals surface area (Å²) in [6, 6.07) is 21.3. The number of nitrogens with zero attached hydrogens (tertiary/aromatic N) is 1. The quantitative estimate of drug-likeness (QED) is 0.350. The standard InChI is InChI=1S/C28H29Cl3N2O2/c1-28(2,3)32-27(35)25(15-19-8-5-4-6-9-19)33(18-20-10-7-11-22(29)14-20)26(34)16-21-12-13-23(30)17-24(21)31/h4-14,17,25H,15-16,18H2,1-3H3,(H,32,35)/t25-/m1/s1. The van der Waals surface area contributed by atoms with Crippen LogP contribution in [0.3, 0.4) is 0 Å². The molecule has 3 aromatic rings. The Kier molecular flexibility index (Phi) is 9.23. The van der Waals surface area contributed by atoms with Gasteiger partial charge in [0.2, 0.25) is 11.8 Å². The second-order valence-corrected chi connectivity index (χ2v) is 10.8. The SMILES string of the molecule is CC(C)(C)NC(=O)[C@@H](Cc1ccccc1)N(Cc1cccc(Cl)c1)C(=O)Cc1ccc(Cl)cc1Cl. The van der Waals surface area contributed by atoms with Crippen molar-refractivity contribution in [2.24, 2.45) is 0 Å². The van der Waals surface area contributed by atoms with E-state index in [2.05, 4.69) is 5.32 Å². The molecule has 0 aliphatic heterocycles. The lowest BCUT2D eigenvalue weighted by Gasteiger charge is -2.34. The van der Waals surface area contributed by atoms with Gasteiger partial charge in [-0.2, -0.15) is 0 Å². The fourth-order valence-electron chi connectivity index (χ4n) is 3.77. The number of amides is 2. The van der Waals surface area contributed by atoms with Gasteiger partial charge in [0.25, 0.3) is 0 Å². The van der Waals surface area contributed by atoms with Gasteiger partial charge >= 0.3 is 0 Å². The van der Waals surface area contributed by atoms with Crippen LogP contribution in [0.4, 0.5) is 0 Å². The molecule has 1 atom stereocenters. The Balaban J connectivity index is 2.01. The Bertz CT molecular complexity index is 1180. The average Bonchev–Trinajstić information content (AvgIpc) is 2.77. The monoisotopic (exact) mass is 530 g/mol. The maximum Gasteiger partial charge on any atom is 0.243 e. The molecule has 0 unspecified atom stereocenters. The molecule has 0 saturated carbocycles. The van der Waals surface area contributed by atoms with Crippen molar-refractivity contribution in [3.8, 4) is 0 Å². The molecule has 0 aliphatic rings. The van der Waals surface area contributed by atoms with Crippen LogP contribution >= 0.6 is 34.8 Å². The fraction of sp³-hybridized carbons (Fsp3) is 0.286. The molecule has 0 heterocycles. The number of halogens is 3. The van der Waals surface area contributed by atoms with Crippen LogP contribution in [0.15, 0.2) is 72.8 Å². The first-order chi connectivity index (χ1) is 16.5. The summed E-state index contributed by atoms with van der Waals surface area (Å²) in [4.78, 5) is 28.9. The smallest absolute Gasteiger partial charge is 0.243 e. The Hall–Kier alpha value is -2.53. The van der Waals surface area contributed by atoms with E-state index in [0.29, 0.717) is 27.1 Å². The van der Waals surface area contributed by atoms with Crippen molar-refractivity contribution in [1.82, 2.24) is 10.2 Å². The topological polar surface area (TPSA) is 49.4 Å². The third kappa shape index (κ3) is 8.28. The van der Waals surface area contributed by atoms with Gasteiger partial charge in [0, 0.05) is 33.6 Å². The Morgan fingerprint density at radius 1 is 0.857 bits per heavy atom. The minimum Gasteiger partial charge on any atom is -0.350 e. The molecule has 184 valence electrons. The van der Waals surface area contributed by atoms with E-state index in [1.54, 1.807) is 35.2 Å². The summed E-state index contributed by atoms with van der Waals surface area (Å²) in [6.45, 7) is 5.98. The number of hydrogen-bond acceptors (Lipinski definition) is 2. The van der Waals surface area contributed by atoms with Gasteiger partial charge in [-0.05, 0) is 61.7 Å².